The fourth-order valence-electron chi connectivity index (χ4n) is 5.74. The number of aryl methyl sites for hydroxylation is 1. The Morgan fingerprint density at radius 1 is 1.04 bits per heavy atom. The van der Waals surface area contributed by atoms with E-state index in [1.165, 1.54) is 36.0 Å². The number of thioether (sulfide) groups is 1. The zero-order valence-corrected chi connectivity index (χ0v) is 30.0. The van der Waals surface area contributed by atoms with Gasteiger partial charge in [0.2, 0.25) is 0 Å². The molecule has 1 aliphatic rings. The predicted molar refractivity (Wildman–Crippen MR) is 198 cm³/mol. The van der Waals surface area contributed by atoms with E-state index in [9.17, 15) is 28.4 Å². The molecule has 0 saturated carbocycles. The van der Waals surface area contributed by atoms with Crippen molar-refractivity contribution in [2.24, 2.45) is 0 Å². The van der Waals surface area contributed by atoms with Crippen LogP contribution in [0.25, 0.3) is 11.1 Å². The topological polar surface area (TPSA) is 160 Å². The van der Waals surface area contributed by atoms with Crippen LogP contribution in [-0.2, 0) is 21.2 Å². The highest BCUT2D eigenvalue weighted by molar-refractivity contribution is 7.99. The molecule has 0 bridgehead atoms. The number of aliphatic hydroxyl groups is 1. The lowest BCUT2D eigenvalue weighted by Crippen LogP contribution is -2.36. The third-order valence-electron chi connectivity index (χ3n) is 8.50. The second kappa shape index (κ2) is 18.1. The number of rotatable bonds is 17. The Morgan fingerprint density at radius 3 is 2.47 bits per heavy atom. The Hall–Kier alpha value is -4.47. The first-order valence-corrected chi connectivity index (χ1v) is 19.1. The van der Waals surface area contributed by atoms with Crippen LogP contribution in [0.4, 0.5) is 11.4 Å². The maximum atomic E-state index is 13.2. The number of carbonyl (C=O) groups excluding carboxylic acids is 1. The molecule has 0 aliphatic carbocycles. The van der Waals surface area contributed by atoms with Crippen LogP contribution in [0.1, 0.15) is 28.8 Å². The number of morpholine rings is 1. The van der Waals surface area contributed by atoms with Gasteiger partial charge >= 0.3 is 0 Å². The number of nitro benzene ring substituents is 1. The number of benzene rings is 4. The van der Waals surface area contributed by atoms with Crippen molar-refractivity contribution >= 4 is 39.1 Å². The molecule has 1 heterocycles. The van der Waals surface area contributed by atoms with Gasteiger partial charge in [-0.2, -0.15) is 0 Å². The molecular weight excluding hydrogens is 693 g/mol. The highest BCUT2D eigenvalue weighted by Crippen LogP contribution is 2.32. The van der Waals surface area contributed by atoms with E-state index in [4.69, 9.17) is 9.47 Å². The summed E-state index contributed by atoms with van der Waals surface area (Å²) in [5.74, 6) is 0.315. The van der Waals surface area contributed by atoms with Gasteiger partial charge in [-0.15, -0.1) is 11.8 Å². The molecule has 12 nitrogen and oxygen atoms in total. The number of hydrogen-bond donors (Lipinski definition) is 3. The molecule has 1 aliphatic heterocycles. The zero-order valence-electron chi connectivity index (χ0n) is 28.3. The van der Waals surface area contributed by atoms with Crippen molar-refractivity contribution in [3.05, 3.63) is 112 Å². The first-order chi connectivity index (χ1) is 24.7. The average Bonchev–Trinajstić information content (AvgIpc) is 3.14. The summed E-state index contributed by atoms with van der Waals surface area (Å²) < 4.78 is 39.6. The minimum absolute atomic E-state index is 0.0940. The number of nitro groups is 1. The number of ether oxygens (including phenoxy) is 2. The van der Waals surface area contributed by atoms with E-state index < -0.39 is 31.4 Å². The molecule has 0 aromatic heterocycles. The van der Waals surface area contributed by atoms with E-state index in [2.05, 4.69) is 16.3 Å². The summed E-state index contributed by atoms with van der Waals surface area (Å²) >= 11 is 1.52. The van der Waals surface area contributed by atoms with Crippen molar-refractivity contribution in [2.45, 2.75) is 35.1 Å². The van der Waals surface area contributed by atoms with E-state index in [-0.39, 0.29) is 23.9 Å². The van der Waals surface area contributed by atoms with Crippen LogP contribution in [0.3, 0.4) is 0 Å². The van der Waals surface area contributed by atoms with Crippen molar-refractivity contribution < 1.29 is 32.7 Å². The van der Waals surface area contributed by atoms with Crippen LogP contribution < -0.4 is 14.8 Å². The number of nitrogens with zero attached hydrogens (tertiary/aromatic N) is 2. The summed E-state index contributed by atoms with van der Waals surface area (Å²) in [6.45, 7) is 4.33. The van der Waals surface area contributed by atoms with E-state index in [1.807, 2.05) is 47.2 Å². The Morgan fingerprint density at radius 2 is 1.78 bits per heavy atom. The molecule has 0 unspecified atom stereocenters. The number of anilines is 1. The second-order valence-electron chi connectivity index (χ2n) is 12.0. The summed E-state index contributed by atoms with van der Waals surface area (Å²) in [5.41, 5.74) is 2.49. The highest BCUT2D eigenvalue weighted by atomic mass is 32.2. The van der Waals surface area contributed by atoms with Crippen LogP contribution in [0, 0.1) is 10.1 Å². The molecule has 1 saturated heterocycles. The molecule has 3 N–H and O–H groups in total. The maximum Gasteiger partial charge on any atom is 0.293 e. The normalized spacial score (nSPS) is 14.1. The Bertz CT molecular complexity index is 1890. The fraction of sp³-hybridized carbons (Fsp3) is 0.324. The summed E-state index contributed by atoms with van der Waals surface area (Å²) in [5, 5.41) is 24.6. The van der Waals surface area contributed by atoms with E-state index in [0.29, 0.717) is 17.9 Å². The van der Waals surface area contributed by atoms with Gasteiger partial charge in [-0.25, -0.2) is 13.1 Å². The van der Waals surface area contributed by atoms with Gasteiger partial charge in [0.05, 0.1) is 30.1 Å². The fourth-order valence-corrected chi connectivity index (χ4v) is 7.73. The van der Waals surface area contributed by atoms with Gasteiger partial charge in [0.15, 0.2) is 0 Å². The van der Waals surface area contributed by atoms with Crippen molar-refractivity contribution in [1.29, 1.82) is 0 Å². The summed E-state index contributed by atoms with van der Waals surface area (Å²) in [6.07, 6.45) is 2.24. The summed E-state index contributed by atoms with van der Waals surface area (Å²) in [6, 6.07) is 25.2. The van der Waals surface area contributed by atoms with Gasteiger partial charge in [0.1, 0.15) is 11.4 Å². The van der Waals surface area contributed by atoms with Crippen molar-refractivity contribution in [1.82, 2.24) is 9.62 Å². The zero-order chi connectivity index (χ0) is 36.2. The van der Waals surface area contributed by atoms with Gasteiger partial charge in [-0.1, -0.05) is 42.5 Å². The van der Waals surface area contributed by atoms with Crippen molar-refractivity contribution in [2.75, 3.05) is 57.6 Å². The standard InChI is InChI=1S/C37H42N4O8S2/c1-48-36-24-27(6-5-18-40-19-22-49-23-20-40)9-15-33(36)28-10-12-29(13-11-28)37(43)39-51(46,47)32-14-16-34(35(25-32)41(44)45)38-30(17-21-42)26-50-31-7-3-2-4-8-31/h2-4,7-16,24-25,30,38,42H,5-6,17-23,26H2,1H3,(H,39,43)/t30-/m1/s1. The molecule has 4 aromatic carbocycles. The van der Waals surface area contributed by atoms with Gasteiger partial charge in [0, 0.05) is 53.6 Å². The first kappa shape index (κ1) is 37.8. The van der Waals surface area contributed by atoms with E-state index >= 15 is 0 Å². The third kappa shape index (κ3) is 10.5. The van der Waals surface area contributed by atoms with Crippen LogP contribution >= 0.6 is 11.8 Å². The molecule has 1 fully saturated rings. The number of amides is 1. The number of methoxy groups -OCH3 is 1. The monoisotopic (exact) mass is 734 g/mol. The molecule has 0 spiro atoms. The lowest BCUT2D eigenvalue weighted by molar-refractivity contribution is -0.384. The van der Waals surface area contributed by atoms with Crippen LogP contribution in [0.2, 0.25) is 0 Å². The largest absolute Gasteiger partial charge is 0.496 e. The first-order valence-electron chi connectivity index (χ1n) is 16.6. The van der Waals surface area contributed by atoms with Crippen molar-refractivity contribution in [3.63, 3.8) is 0 Å². The maximum absolute atomic E-state index is 13.2. The molecule has 51 heavy (non-hydrogen) atoms. The SMILES string of the molecule is COc1cc(CCCN2CCOCC2)ccc1-c1ccc(C(=O)NS(=O)(=O)c2ccc(N[C@H](CCO)CSc3ccccc3)c([N+](=O)[O-])c2)cc1. The van der Waals surface area contributed by atoms with Gasteiger partial charge in [-0.05, 0) is 79.4 Å². The quantitative estimate of drug-likeness (QED) is 0.0703. The number of hydrogen-bond acceptors (Lipinski definition) is 11. The number of sulfonamides is 1. The third-order valence-corrected chi connectivity index (χ3v) is 11.0. The Labute approximate surface area is 302 Å². The molecular formula is C37H42N4O8S2. The smallest absolute Gasteiger partial charge is 0.293 e. The lowest BCUT2D eigenvalue weighted by atomic mass is 9.99. The molecule has 14 heteroatoms. The number of aliphatic hydroxyl groups excluding tert-OH is 1. The Kier molecular flexibility index (Phi) is 13.4. The van der Waals surface area contributed by atoms with Gasteiger partial charge in [0.25, 0.3) is 21.6 Å². The van der Waals surface area contributed by atoms with Crippen LogP contribution in [-0.4, -0.2) is 87.6 Å². The molecule has 4 aromatic rings. The molecule has 5 rings (SSSR count). The van der Waals surface area contributed by atoms with Gasteiger partial charge < -0.3 is 19.9 Å². The predicted octanol–water partition coefficient (Wildman–Crippen LogP) is 5.61. The highest BCUT2D eigenvalue weighted by Gasteiger charge is 2.25. The van der Waals surface area contributed by atoms with E-state index in [1.54, 1.807) is 19.2 Å². The van der Waals surface area contributed by atoms with Crippen LogP contribution in [0.15, 0.2) is 101 Å². The van der Waals surface area contributed by atoms with Crippen LogP contribution in [0.5, 0.6) is 5.75 Å². The Balaban J connectivity index is 1.23. The average molecular weight is 735 g/mol. The minimum atomic E-state index is -4.46. The summed E-state index contributed by atoms with van der Waals surface area (Å²) in [7, 11) is -2.86. The second-order valence-corrected chi connectivity index (χ2v) is 14.8. The molecule has 0 radical (unpaired) electrons. The molecule has 270 valence electrons. The lowest BCUT2D eigenvalue weighted by Gasteiger charge is -2.26. The van der Waals surface area contributed by atoms with Crippen molar-refractivity contribution in [3.8, 4) is 16.9 Å². The van der Waals surface area contributed by atoms with E-state index in [0.717, 1.165) is 73.3 Å². The van der Waals surface area contributed by atoms with Gasteiger partial charge in [-0.3, -0.25) is 19.8 Å². The minimum Gasteiger partial charge on any atom is -0.496 e. The molecule has 1 amide bonds. The number of carbonyl (C=O) groups is 1. The number of nitrogens with one attached hydrogen (secondary N) is 2. The summed E-state index contributed by atoms with van der Waals surface area (Å²) in [4.78, 5) is 27.3. The molecule has 1 atom stereocenters.